The average molecular weight is 91.1 g/mol. The van der Waals surface area contributed by atoms with Gasteiger partial charge in [0, 0.05) is 13.1 Å². The predicted molar refractivity (Wildman–Crippen MR) is 21.1 cm³/mol. The van der Waals surface area contributed by atoms with Crippen LogP contribution in [0.5, 0.6) is 0 Å². The van der Waals surface area contributed by atoms with Crippen molar-refractivity contribution in [1.82, 2.24) is 4.31 Å². The van der Waals surface area contributed by atoms with Gasteiger partial charge >= 0.3 is 0 Å². The largest absolute Gasteiger partial charge is 0.246 e. The molecule has 1 fully saturated rings. The Kier molecular flexibility index (Phi) is 0.704. The summed E-state index contributed by atoms with van der Waals surface area (Å²) >= 11 is 0.191. The number of hydrogen-bond acceptors (Lipinski definition) is 1. The molecule has 0 saturated carbocycles. The van der Waals surface area contributed by atoms with Crippen molar-refractivity contribution in [1.29, 1.82) is 0 Å². The number of hydrogen-bond donors (Lipinski definition) is 1. The fourth-order valence-corrected chi connectivity index (χ4v) is 0.379. The summed E-state index contributed by atoms with van der Waals surface area (Å²) < 4.78 is 11.4. The lowest BCUT2D eigenvalue weighted by molar-refractivity contribution is 0.673. The van der Waals surface area contributed by atoms with Crippen molar-refractivity contribution >= 4 is 11.9 Å². The molecule has 2 nitrogen and oxygen atoms in total. The first-order chi connectivity index (χ1) is 2.43. The van der Waals surface area contributed by atoms with Crippen LogP contribution < -0.4 is 0 Å². The molecule has 0 radical (unpaired) electrons. The highest BCUT2D eigenvalue weighted by Gasteiger charge is 2.13. The van der Waals surface area contributed by atoms with Crippen molar-refractivity contribution in [3.8, 4) is 0 Å². The lowest BCUT2D eigenvalue weighted by Gasteiger charge is -1.68. The zero-order valence-corrected chi connectivity index (χ0v) is 3.61. The Balaban J connectivity index is 2.21. The molecule has 3 heteroatoms. The molecule has 0 aromatic carbocycles. The Morgan fingerprint density at radius 1 is 1.60 bits per heavy atom. The smallest absolute Gasteiger partial charge is 0.0809 e. The summed E-state index contributed by atoms with van der Waals surface area (Å²) in [5.41, 5.74) is 0. The van der Waals surface area contributed by atoms with Crippen LogP contribution in [0.25, 0.3) is 0 Å². The Labute approximate surface area is 34.4 Å². The van der Waals surface area contributed by atoms with Crippen molar-refractivity contribution in [3.05, 3.63) is 0 Å². The molecule has 0 aliphatic carbocycles. The summed E-state index contributed by atoms with van der Waals surface area (Å²) in [5.74, 6) is 0. The van der Waals surface area contributed by atoms with Crippen LogP contribution in [0.3, 0.4) is 0 Å². The van der Waals surface area contributed by atoms with Crippen molar-refractivity contribution in [3.63, 3.8) is 0 Å². The van der Waals surface area contributed by atoms with Crippen molar-refractivity contribution in [2.75, 3.05) is 13.1 Å². The van der Waals surface area contributed by atoms with E-state index in [0.717, 1.165) is 13.1 Å². The van der Waals surface area contributed by atoms with E-state index < -0.39 is 0 Å². The van der Waals surface area contributed by atoms with E-state index in [-0.39, 0.29) is 11.9 Å². The van der Waals surface area contributed by atoms with Crippen LogP contribution in [0.2, 0.25) is 0 Å². The summed E-state index contributed by atoms with van der Waals surface area (Å²) in [4.78, 5) is 0. The zero-order valence-electron chi connectivity index (χ0n) is 2.72. The molecule has 1 aliphatic heterocycles. The third kappa shape index (κ3) is 0.701. The molecule has 0 unspecified atom stereocenters. The van der Waals surface area contributed by atoms with Crippen molar-refractivity contribution in [2.45, 2.75) is 0 Å². The molecule has 0 aromatic rings. The van der Waals surface area contributed by atoms with Crippen LogP contribution >= 0.6 is 0 Å². The van der Waals surface area contributed by atoms with Crippen LogP contribution in [0.1, 0.15) is 0 Å². The molecule has 1 rings (SSSR count). The van der Waals surface area contributed by atoms with Gasteiger partial charge in [-0.15, -0.1) is 0 Å². The maximum atomic E-state index is 9.59. The molecule has 0 spiro atoms. The highest BCUT2D eigenvalue weighted by molar-refractivity contribution is 7.63. The standard InChI is InChI=1S/C2H5NOS/c4-5-3-1-2-3/h5H,1-2H2. The summed E-state index contributed by atoms with van der Waals surface area (Å²) in [6.45, 7) is 2.04. The topological polar surface area (TPSA) is 20.1 Å². The maximum absolute atomic E-state index is 9.59. The minimum absolute atomic E-state index is 0.191. The first kappa shape index (κ1) is 3.31. The second-order valence-corrected chi connectivity index (χ2v) is 1.76. The summed E-state index contributed by atoms with van der Waals surface area (Å²) in [7, 11) is 0. The van der Waals surface area contributed by atoms with E-state index in [1.54, 1.807) is 4.31 Å². The molecule has 5 heavy (non-hydrogen) atoms. The number of nitrogens with zero attached hydrogens (tertiary/aromatic N) is 1. The van der Waals surface area contributed by atoms with Crippen LogP contribution in [-0.4, -0.2) is 21.6 Å². The fraction of sp³-hybridized carbons (Fsp3) is 1.00. The van der Waals surface area contributed by atoms with Gasteiger partial charge in [0.25, 0.3) is 0 Å². The van der Waals surface area contributed by atoms with Gasteiger partial charge in [0.1, 0.15) is 0 Å². The van der Waals surface area contributed by atoms with Gasteiger partial charge in [-0.2, -0.15) is 0 Å². The quantitative estimate of drug-likeness (QED) is 0.329. The highest BCUT2D eigenvalue weighted by atomic mass is 32.2. The van der Waals surface area contributed by atoms with E-state index in [9.17, 15) is 4.21 Å². The fourth-order valence-electron chi connectivity index (χ4n) is 0.126. The normalized spacial score (nSPS) is 23.2. The van der Waals surface area contributed by atoms with E-state index >= 15 is 0 Å². The second kappa shape index (κ2) is 1.06. The Morgan fingerprint density at radius 2 is 2.20 bits per heavy atom. The van der Waals surface area contributed by atoms with Crippen molar-refractivity contribution in [2.24, 2.45) is 0 Å². The van der Waals surface area contributed by atoms with Crippen LogP contribution in [0.4, 0.5) is 0 Å². The van der Waals surface area contributed by atoms with Gasteiger partial charge in [-0.1, -0.05) is 0 Å². The van der Waals surface area contributed by atoms with Gasteiger partial charge in [0.05, 0.1) is 11.9 Å². The van der Waals surface area contributed by atoms with Crippen LogP contribution in [-0.2, 0) is 11.9 Å². The molecule has 0 atom stereocenters. The van der Waals surface area contributed by atoms with Crippen LogP contribution in [0.15, 0.2) is 0 Å². The van der Waals surface area contributed by atoms with Gasteiger partial charge < -0.3 is 0 Å². The third-order valence-corrected chi connectivity index (χ3v) is 1.17. The molecule has 1 heterocycles. The zero-order chi connectivity index (χ0) is 3.70. The summed E-state index contributed by atoms with van der Waals surface area (Å²) in [6.07, 6.45) is 0. The lowest BCUT2D eigenvalue weighted by atomic mass is 11.0. The Morgan fingerprint density at radius 3 is 2.20 bits per heavy atom. The summed E-state index contributed by atoms with van der Waals surface area (Å²) in [5, 5.41) is 0. The predicted octanol–water partition coefficient (Wildman–Crippen LogP) is -0.838. The minimum atomic E-state index is 0.191. The van der Waals surface area contributed by atoms with Gasteiger partial charge in [-0.3, -0.25) is 0 Å². The van der Waals surface area contributed by atoms with Gasteiger partial charge in [0.2, 0.25) is 0 Å². The molecule has 0 amide bonds. The highest BCUT2D eigenvalue weighted by Crippen LogP contribution is 1.97. The van der Waals surface area contributed by atoms with E-state index in [4.69, 9.17) is 0 Å². The van der Waals surface area contributed by atoms with Gasteiger partial charge in [-0.05, 0) is 0 Å². The Bertz CT molecular complexity index is 51.6. The molecular formula is C2H5NOS. The molecule has 30 valence electrons. The maximum Gasteiger partial charge on any atom is 0.0809 e. The van der Waals surface area contributed by atoms with Crippen molar-refractivity contribution < 1.29 is 4.21 Å². The molecule has 0 aromatic heterocycles. The van der Waals surface area contributed by atoms with E-state index in [0.29, 0.717) is 0 Å². The second-order valence-electron chi connectivity index (χ2n) is 1.04. The van der Waals surface area contributed by atoms with E-state index in [1.807, 2.05) is 0 Å². The molecule has 0 N–H and O–H groups in total. The van der Waals surface area contributed by atoms with E-state index in [1.165, 1.54) is 0 Å². The average Bonchev–Trinajstić information content (AvgIpc) is 2.12. The van der Waals surface area contributed by atoms with Gasteiger partial charge in [0.15, 0.2) is 0 Å². The monoisotopic (exact) mass is 91.0 g/mol. The SMILES string of the molecule is O=[SH]N1CC1. The summed E-state index contributed by atoms with van der Waals surface area (Å²) in [6, 6.07) is 0. The first-order valence-corrected chi connectivity index (χ1v) is 2.28. The van der Waals surface area contributed by atoms with Crippen LogP contribution in [0, 0.1) is 0 Å². The molecule has 0 bridgehead atoms. The Hall–Kier alpha value is 0.110. The minimum Gasteiger partial charge on any atom is -0.246 e. The number of thiol groups is 1. The molecular weight excluding hydrogens is 86.1 g/mol. The lowest BCUT2D eigenvalue weighted by Crippen LogP contribution is -1.79. The molecule has 1 saturated heterocycles. The third-order valence-electron chi connectivity index (χ3n) is 0.539. The molecule has 1 aliphatic rings. The van der Waals surface area contributed by atoms with E-state index in [2.05, 4.69) is 0 Å². The first-order valence-electron chi connectivity index (χ1n) is 1.52. The number of rotatable bonds is 1. The van der Waals surface area contributed by atoms with Gasteiger partial charge in [-0.25, -0.2) is 8.51 Å².